The van der Waals surface area contributed by atoms with Crippen molar-refractivity contribution in [3.05, 3.63) is 22.5 Å². The molecule has 29 heavy (non-hydrogen) atoms. The van der Waals surface area contributed by atoms with E-state index in [4.69, 9.17) is 4.74 Å². The number of carbonyl (C=O) groups is 1. The van der Waals surface area contributed by atoms with E-state index in [1.165, 1.54) is 17.1 Å². The van der Waals surface area contributed by atoms with E-state index >= 15 is 0 Å². The number of alkyl carbamates (subject to hydrolysis) is 1. The summed E-state index contributed by atoms with van der Waals surface area (Å²) in [7, 11) is 1.66. The highest BCUT2D eigenvalue weighted by Crippen LogP contribution is 2.08. The van der Waals surface area contributed by atoms with Gasteiger partial charge >= 0.3 is 11.8 Å². The van der Waals surface area contributed by atoms with Crippen molar-refractivity contribution in [1.29, 1.82) is 0 Å². The number of aliphatic imine (C=N–C) groups is 1. The van der Waals surface area contributed by atoms with Gasteiger partial charge in [-0.2, -0.15) is 5.10 Å². The van der Waals surface area contributed by atoms with Crippen LogP contribution in [-0.4, -0.2) is 58.5 Å². The fraction of sp³-hybridized carbons (Fsp3) is 0.722. The highest BCUT2D eigenvalue weighted by atomic mass is 16.6. The first-order valence-corrected chi connectivity index (χ1v) is 9.75. The van der Waals surface area contributed by atoms with Crippen molar-refractivity contribution in [3.8, 4) is 0 Å². The Hall–Kier alpha value is -2.85. The average molecular weight is 412 g/mol. The molecule has 0 bridgehead atoms. The van der Waals surface area contributed by atoms with Gasteiger partial charge in [-0.1, -0.05) is 19.8 Å². The van der Waals surface area contributed by atoms with Crippen LogP contribution in [0.25, 0.3) is 0 Å². The van der Waals surface area contributed by atoms with Crippen LogP contribution in [0, 0.1) is 10.1 Å². The second-order valence-corrected chi connectivity index (χ2v) is 7.58. The molecule has 1 heterocycles. The number of carbonyl (C=O) groups excluding carboxylic acids is 1. The number of ether oxygens (including phenoxy) is 1. The van der Waals surface area contributed by atoms with Gasteiger partial charge in [-0.25, -0.2) is 4.79 Å². The van der Waals surface area contributed by atoms with Gasteiger partial charge in [0.2, 0.25) is 0 Å². The minimum Gasteiger partial charge on any atom is -0.444 e. The standard InChI is InChI=1S/C18H33N7O4/c1-6-7-8-14(11-21-17(26)29-18(2,3)4)23-16(19-5)20-9-10-24-13-15(12-22-24)25(27)28/h12-14H,6-11H2,1-5H3,(H,21,26)(H2,19,20,23). The van der Waals surface area contributed by atoms with Gasteiger partial charge < -0.3 is 20.7 Å². The third-order valence-electron chi connectivity index (χ3n) is 3.83. The maximum atomic E-state index is 11.9. The second-order valence-electron chi connectivity index (χ2n) is 7.58. The Labute approximate surface area is 171 Å². The van der Waals surface area contributed by atoms with Crippen LogP contribution in [0.4, 0.5) is 10.5 Å². The average Bonchev–Trinajstić information content (AvgIpc) is 3.10. The molecular formula is C18H33N7O4. The summed E-state index contributed by atoms with van der Waals surface area (Å²) >= 11 is 0. The molecule has 0 aliphatic carbocycles. The van der Waals surface area contributed by atoms with E-state index in [2.05, 4.69) is 33.0 Å². The molecule has 164 valence electrons. The summed E-state index contributed by atoms with van der Waals surface area (Å²) in [6.07, 6.45) is 5.04. The molecule has 1 aromatic rings. The van der Waals surface area contributed by atoms with Crippen molar-refractivity contribution in [2.45, 2.75) is 65.1 Å². The van der Waals surface area contributed by atoms with Crippen molar-refractivity contribution < 1.29 is 14.5 Å². The van der Waals surface area contributed by atoms with Crippen LogP contribution in [0.1, 0.15) is 47.0 Å². The minimum atomic E-state index is -0.546. The number of nitro groups is 1. The normalized spacial score (nSPS) is 12.9. The quantitative estimate of drug-likeness (QED) is 0.232. The summed E-state index contributed by atoms with van der Waals surface area (Å²) < 4.78 is 6.77. The van der Waals surface area contributed by atoms with Crippen molar-refractivity contribution >= 4 is 17.7 Å². The Kier molecular flexibility index (Phi) is 9.90. The van der Waals surface area contributed by atoms with Crippen LogP contribution in [0.2, 0.25) is 0 Å². The van der Waals surface area contributed by atoms with Crippen LogP contribution in [0.5, 0.6) is 0 Å². The fourth-order valence-corrected chi connectivity index (χ4v) is 2.44. The van der Waals surface area contributed by atoms with Crippen LogP contribution >= 0.6 is 0 Å². The van der Waals surface area contributed by atoms with Gasteiger partial charge in [0.15, 0.2) is 5.96 Å². The van der Waals surface area contributed by atoms with Crippen molar-refractivity contribution in [3.63, 3.8) is 0 Å². The predicted molar refractivity (Wildman–Crippen MR) is 111 cm³/mol. The molecule has 0 aliphatic rings. The fourth-order valence-electron chi connectivity index (χ4n) is 2.44. The van der Waals surface area contributed by atoms with Gasteiger partial charge in [-0.05, 0) is 27.2 Å². The second kappa shape index (κ2) is 11.9. The highest BCUT2D eigenvalue weighted by Gasteiger charge is 2.18. The molecule has 0 saturated heterocycles. The highest BCUT2D eigenvalue weighted by molar-refractivity contribution is 5.80. The third-order valence-corrected chi connectivity index (χ3v) is 3.83. The lowest BCUT2D eigenvalue weighted by Gasteiger charge is -2.24. The molecule has 1 atom stereocenters. The lowest BCUT2D eigenvalue weighted by molar-refractivity contribution is -0.385. The van der Waals surface area contributed by atoms with Gasteiger partial charge in [0.05, 0.1) is 11.5 Å². The molecule has 1 unspecified atom stereocenters. The van der Waals surface area contributed by atoms with Crippen LogP contribution < -0.4 is 16.0 Å². The lowest BCUT2D eigenvalue weighted by atomic mass is 10.1. The summed E-state index contributed by atoms with van der Waals surface area (Å²) in [6.45, 7) is 8.90. The molecule has 3 N–H and O–H groups in total. The zero-order valence-electron chi connectivity index (χ0n) is 17.9. The van der Waals surface area contributed by atoms with E-state index in [0.29, 0.717) is 25.6 Å². The first-order chi connectivity index (χ1) is 13.6. The molecule has 1 amide bonds. The topological polar surface area (TPSA) is 136 Å². The Bertz CT molecular complexity index is 682. The minimum absolute atomic E-state index is 0.0144. The van der Waals surface area contributed by atoms with Gasteiger partial charge in [0.25, 0.3) is 0 Å². The summed E-state index contributed by atoms with van der Waals surface area (Å²) in [5.74, 6) is 0.582. The monoisotopic (exact) mass is 411 g/mol. The Balaban J connectivity index is 2.51. The number of hydrogen-bond acceptors (Lipinski definition) is 6. The van der Waals surface area contributed by atoms with E-state index < -0.39 is 16.6 Å². The number of hydrogen-bond donors (Lipinski definition) is 3. The van der Waals surface area contributed by atoms with Gasteiger partial charge in [-0.3, -0.25) is 19.8 Å². The maximum absolute atomic E-state index is 11.9. The molecule has 1 aromatic heterocycles. The van der Waals surface area contributed by atoms with E-state index in [-0.39, 0.29) is 11.7 Å². The molecule has 11 nitrogen and oxygen atoms in total. The molecule has 0 spiro atoms. The molecule has 11 heteroatoms. The van der Waals surface area contributed by atoms with E-state index in [9.17, 15) is 14.9 Å². The van der Waals surface area contributed by atoms with Crippen LogP contribution in [0.3, 0.4) is 0 Å². The number of nitrogens with one attached hydrogen (secondary N) is 3. The maximum Gasteiger partial charge on any atom is 0.407 e. The van der Waals surface area contributed by atoms with E-state index in [1.54, 1.807) is 7.05 Å². The van der Waals surface area contributed by atoms with Crippen molar-refractivity contribution in [2.24, 2.45) is 4.99 Å². The van der Waals surface area contributed by atoms with Crippen molar-refractivity contribution in [2.75, 3.05) is 20.1 Å². The summed E-state index contributed by atoms with van der Waals surface area (Å²) in [4.78, 5) is 26.3. The van der Waals surface area contributed by atoms with Gasteiger partial charge in [0.1, 0.15) is 18.0 Å². The number of aromatic nitrogens is 2. The molecule has 0 fully saturated rings. The van der Waals surface area contributed by atoms with Crippen LogP contribution in [-0.2, 0) is 11.3 Å². The Morgan fingerprint density at radius 2 is 2.14 bits per heavy atom. The van der Waals surface area contributed by atoms with Gasteiger partial charge in [0, 0.05) is 26.2 Å². The number of nitrogens with zero attached hydrogens (tertiary/aromatic N) is 4. The van der Waals surface area contributed by atoms with E-state index in [1.807, 2.05) is 20.8 Å². The third kappa shape index (κ3) is 10.3. The zero-order valence-corrected chi connectivity index (χ0v) is 17.9. The van der Waals surface area contributed by atoms with Crippen molar-refractivity contribution in [1.82, 2.24) is 25.7 Å². The SMILES string of the molecule is CCCCC(CNC(=O)OC(C)(C)C)NC(=NC)NCCn1cc([N+](=O)[O-])cn1. The molecule has 0 aromatic carbocycles. The lowest BCUT2D eigenvalue weighted by Crippen LogP contribution is -2.49. The largest absolute Gasteiger partial charge is 0.444 e. The molecular weight excluding hydrogens is 378 g/mol. The van der Waals surface area contributed by atoms with Gasteiger partial charge in [-0.15, -0.1) is 0 Å². The first-order valence-electron chi connectivity index (χ1n) is 9.75. The number of amides is 1. The summed E-state index contributed by atoms with van der Waals surface area (Å²) in [5.41, 5.74) is -0.587. The predicted octanol–water partition coefficient (Wildman–Crippen LogP) is 2.04. The first kappa shape index (κ1) is 24.2. The molecule has 0 radical (unpaired) electrons. The molecule has 1 rings (SSSR count). The molecule has 0 aliphatic heterocycles. The summed E-state index contributed by atoms with van der Waals surface area (Å²) in [5, 5.41) is 23.9. The summed E-state index contributed by atoms with van der Waals surface area (Å²) in [6, 6.07) is -0.0144. The Morgan fingerprint density at radius 1 is 1.41 bits per heavy atom. The number of unbranched alkanes of at least 4 members (excludes halogenated alkanes) is 1. The smallest absolute Gasteiger partial charge is 0.407 e. The zero-order chi connectivity index (χ0) is 21.9. The van der Waals surface area contributed by atoms with Crippen LogP contribution in [0.15, 0.2) is 17.4 Å². The Morgan fingerprint density at radius 3 is 2.69 bits per heavy atom. The van der Waals surface area contributed by atoms with E-state index in [0.717, 1.165) is 19.3 Å². The number of guanidine groups is 1. The molecule has 0 saturated carbocycles. The number of rotatable bonds is 10.